The van der Waals surface area contributed by atoms with Gasteiger partial charge in [-0.15, -0.1) is 11.3 Å². The zero-order valence-electron chi connectivity index (χ0n) is 16.4. The second-order valence-corrected chi connectivity index (χ2v) is 7.93. The van der Waals surface area contributed by atoms with Crippen LogP contribution in [0.2, 0.25) is 0 Å². The Morgan fingerprint density at radius 1 is 1.30 bits per heavy atom. The van der Waals surface area contributed by atoms with E-state index in [-0.39, 0.29) is 30.3 Å². The summed E-state index contributed by atoms with van der Waals surface area (Å²) in [5.41, 5.74) is 1.36. The van der Waals surface area contributed by atoms with Crippen molar-refractivity contribution >= 4 is 39.1 Å². The van der Waals surface area contributed by atoms with E-state index >= 15 is 0 Å². The van der Waals surface area contributed by atoms with Crippen LogP contribution in [0.5, 0.6) is 0 Å². The van der Waals surface area contributed by atoms with E-state index in [2.05, 4.69) is 15.6 Å². The highest BCUT2D eigenvalue weighted by atomic mass is 32.1. The summed E-state index contributed by atoms with van der Waals surface area (Å²) in [6.45, 7) is 1.69. The number of hydrogen-bond acceptors (Lipinski definition) is 6. The molecule has 4 rings (SSSR count). The average molecular weight is 428 g/mol. The third-order valence-electron chi connectivity index (χ3n) is 4.91. The van der Waals surface area contributed by atoms with Gasteiger partial charge in [0.05, 0.1) is 19.3 Å². The number of amides is 2. The number of thiophene rings is 1. The van der Waals surface area contributed by atoms with E-state index < -0.39 is 0 Å². The number of ether oxygens (including phenoxy) is 1. The number of nitrogens with zero attached hydrogens (tertiary/aromatic N) is 2. The number of benzene rings is 1. The fraction of sp³-hybridized carbons (Fsp3) is 0.286. The normalized spacial score (nSPS) is 17.1. The number of pyridine rings is 1. The fourth-order valence-electron chi connectivity index (χ4n) is 3.51. The highest BCUT2D eigenvalue weighted by Gasteiger charge is 2.30. The summed E-state index contributed by atoms with van der Waals surface area (Å²) in [5.74, 6) is -0.721. The molecule has 1 aliphatic rings. The quantitative estimate of drug-likeness (QED) is 0.653. The molecular formula is C21H21FN4O3S. The van der Waals surface area contributed by atoms with Crippen molar-refractivity contribution in [2.75, 3.05) is 38.6 Å². The van der Waals surface area contributed by atoms with Crippen LogP contribution in [0.1, 0.15) is 21.3 Å². The van der Waals surface area contributed by atoms with Crippen LogP contribution in [0.4, 0.5) is 10.1 Å². The molecule has 7 nitrogen and oxygen atoms in total. The number of fused-ring (bicyclic) bond motifs is 1. The largest absolute Gasteiger partial charge is 0.371 e. The van der Waals surface area contributed by atoms with Crippen molar-refractivity contribution in [3.8, 4) is 0 Å². The third-order valence-corrected chi connectivity index (χ3v) is 6.03. The summed E-state index contributed by atoms with van der Waals surface area (Å²) in [5, 5.41) is 6.35. The molecule has 1 atom stereocenters. The van der Waals surface area contributed by atoms with Gasteiger partial charge in [-0.25, -0.2) is 9.37 Å². The van der Waals surface area contributed by atoms with Crippen molar-refractivity contribution in [1.29, 1.82) is 0 Å². The lowest BCUT2D eigenvalue weighted by atomic mass is 10.0. The first-order chi connectivity index (χ1) is 14.5. The minimum Gasteiger partial charge on any atom is -0.371 e. The molecule has 0 unspecified atom stereocenters. The lowest BCUT2D eigenvalue weighted by Gasteiger charge is -2.32. The molecule has 30 heavy (non-hydrogen) atoms. The SMILES string of the molecule is CNC(=O)c1sc2ncccc2c1[C@@H]1CN(CC(=O)Nc2ccc(F)cc2)CCO1. The number of nitrogens with one attached hydrogen (secondary N) is 2. The molecule has 3 heterocycles. The van der Waals surface area contributed by atoms with Crippen molar-refractivity contribution in [2.24, 2.45) is 0 Å². The summed E-state index contributed by atoms with van der Waals surface area (Å²) >= 11 is 1.34. The maximum Gasteiger partial charge on any atom is 0.261 e. The van der Waals surface area contributed by atoms with Gasteiger partial charge in [0.25, 0.3) is 5.91 Å². The Morgan fingerprint density at radius 3 is 2.87 bits per heavy atom. The molecule has 1 fully saturated rings. The number of carbonyl (C=O) groups is 2. The lowest BCUT2D eigenvalue weighted by molar-refractivity contribution is -0.119. The van der Waals surface area contributed by atoms with Crippen LogP contribution in [-0.4, -0.2) is 55.0 Å². The highest BCUT2D eigenvalue weighted by Crippen LogP contribution is 2.37. The van der Waals surface area contributed by atoms with E-state index in [1.54, 1.807) is 13.2 Å². The standard InChI is InChI=1S/C21H21FN4O3S/c1-23-20(28)19-18(15-3-2-8-24-21(15)30-19)16-11-26(9-10-29-16)12-17(27)25-14-6-4-13(22)5-7-14/h2-8,16H,9-12H2,1H3,(H,23,28)(H,25,27)/t16-/m0/s1. The van der Waals surface area contributed by atoms with Crippen LogP contribution in [0.25, 0.3) is 10.2 Å². The molecule has 0 aliphatic carbocycles. The van der Waals surface area contributed by atoms with Gasteiger partial charge < -0.3 is 15.4 Å². The second kappa shape index (κ2) is 8.86. The molecule has 9 heteroatoms. The van der Waals surface area contributed by atoms with Crippen LogP contribution in [-0.2, 0) is 9.53 Å². The van der Waals surface area contributed by atoms with Gasteiger partial charge in [-0.1, -0.05) is 6.07 Å². The molecule has 0 saturated carbocycles. The molecule has 0 radical (unpaired) electrons. The molecule has 1 saturated heterocycles. The van der Waals surface area contributed by atoms with E-state index in [9.17, 15) is 14.0 Å². The van der Waals surface area contributed by atoms with Gasteiger partial charge in [-0.2, -0.15) is 0 Å². The van der Waals surface area contributed by atoms with Gasteiger partial charge in [-0.05, 0) is 30.3 Å². The van der Waals surface area contributed by atoms with Gasteiger partial charge >= 0.3 is 0 Å². The Morgan fingerprint density at radius 2 is 2.10 bits per heavy atom. The van der Waals surface area contributed by atoms with Gasteiger partial charge in [0, 0.05) is 43.0 Å². The van der Waals surface area contributed by atoms with E-state index in [1.165, 1.54) is 35.6 Å². The monoisotopic (exact) mass is 428 g/mol. The lowest BCUT2D eigenvalue weighted by Crippen LogP contribution is -2.42. The Balaban J connectivity index is 1.51. The number of morpholine rings is 1. The number of rotatable bonds is 5. The minimum absolute atomic E-state index is 0.173. The topological polar surface area (TPSA) is 83.6 Å². The molecular weight excluding hydrogens is 407 g/mol. The van der Waals surface area contributed by atoms with Crippen LogP contribution in [0, 0.1) is 5.82 Å². The molecule has 0 spiro atoms. The number of anilines is 1. The third kappa shape index (κ3) is 4.33. The second-order valence-electron chi connectivity index (χ2n) is 6.93. The molecule has 2 N–H and O–H groups in total. The minimum atomic E-state index is -0.353. The number of hydrogen-bond donors (Lipinski definition) is 2. The summed E-state index contributed by atoms with van der Waals surface area (Å²) in [6, 6.07) is 9.42. The maximum atomic E-state index is 13.0. The molecule has 0 bridgehead atoms. The van der Waals surface area contributed by atoms with Crippen LogP contribution < -0.4 is 10.6 Å². The number of halogens is 1. The van der Waals surface area contributed by atoms with Crippen LogP contribution in [0.3, 0.4) is 0 Å². The Bertz CT molecular complexity index is 1070. The summed E-state index contributed by atoms with van der Waals surface area (Å²) in [6.07, 6.45) is 1.35. The first kappa shape index (κ1) is 20.4. The van der Waals surface area contributed by atoms with Crippen molar-refractivity contribution < 1.29 is 18.7 Å². The molecule has 156 valence electrons. The number of aromatic nitrogens is 1. The molecule has 1 aliphatic heterocycles. The Labute approximate surface area is 176 Å². The maximum absolute atomic E-state index is 13.0. The van der Waals surface area contributed by atoms with Gasteiger partial charge in [0.15, 0.2) is 0 Å². The first-order valence-electron chi connectivity index (χ1n) is 9.54. The average Bonchev–Trinajstić information content (AvgIpc) is 3.14. The Hall–Kier alpha value is -2.88. The Kier molecular flexibility index (Phi) is 6.03. The summed E-state index contributed by atoms with van der Waals surface area (Å²) < 4.78 is 19.0. The summed E-state index contributed by atoms with van der Waals surface area (Å²) in [4.78, 5) is 32.6. The molecule has 3 aromatic rings. The number of carbonyl (C=O) groups excluding carboxylic acids is 2. The van der Waals surface area contributed by atoms with E-state index in [0.29, 0.717) is 30.3 Å². The van der Waals surface area contributed by atoms with Crippen LogP contribution in [0.15, 0.2) is 42.6 Å². The molecule has 2 amide bonds. The van der Waals surface area contributed by atoms with E-state index in [1.807, 2.05) is 17.0 Å². The zero-order chi connectivity index (χ0) is 21.1. The van der Waals surface area contributed by atoms with Gasteiger partial charge in [0.1, 0.15) is 15.5 Å². The van der Waals surface area contributed by atoms with Crippen molar-refractivity contribution in [1.82, 2.24) is 15.2 Å². The fourth-order valence-corrected chi connectivity index (χ4v) is 4.65. The van der Waals surface area contributed by atoms with Gasteiger partial charge in [-0.3, -0.25) is 14.5 Å². The zero-order valence-corrected chi connectivity index (χ0v) is 17.2. The predicted molar refractivity (Wildman–Crippen MR) is 113 cm³/mol. The predicted octanol–water partition coefficient (Wildman–Crippen LogP) is 2.81. The van der Waals surface area contributed by atoms with Crippen molar-refractivity contribution in [3.63, 3.8) is 0 Å². The molecule has 2 aromatic heterocycles. The van der Waals surface area contributed by atoms with Crippen molar-refractivity contribution in [3.05, 3.63) is 58.9 Å². The van der Waals surface area contributed by atoms with Crippen LogP contribution >= 0.6 is 11.3 Å². The highest BCUT2D eigenvalue weighted by molar-refractivity contribution is 7.20. The van der Waals surface area contributed by atoms with E-state index in [0.717, 1.165) is 15.8 Å². The summed E-state index contributed by atoms with van der Waals surface area (Å²) in [7, 11) is 1.59. The van der Waals surface area contributed by atoms with Crippen molar-refractivity contribution in [2.45, 2.75) is 6.10 Å². The first-order valence-corrected chi connectivity index (χ1v) is 10.4. The van der Waals surface area contributed by atoms with E-state index in [4.69, 9.17) is 4.74 Å². The smallest absolute Gasteiger partial charge is 0.261 e. The van der Waals surface area contributed by atoms with Gasteiger partial charge in [0.2, 0.25) is 5.91 Å². The molecule has 1 aromatic carbocycles.